The van der Waals surface area contributed by atoms with Gasteiger partial charge in [0.1, 0.15) is 0 Å². The van der Waals surface area contributed by atoms with Crippen molar-refractivity contribution >= 4 is 22.7 Å². The topological polar surface area (TPSA) is 83.1 Å². The second-order valence-electron chi connectivity index (χ2n) is 7.48. The Bertz CT molecular complexity index is 1130. The van der Waals surface area contributed by atoms with Gasteiger partial charge in [0.25, 0.3) is 0 Å². The van der Waals surface area contributed by atoms with Gasteiger partial charge in [0.05, 0.1) is 22.7 Å². The highest BCUT2D eigenvalue weighted by atomic mass is 16.4. The smallest absolute Gasteiger partial charge is 0.335 e. The molecule has 0 amide bonds. The van der Waals surface area contributed by atoms with E-state index in [-0.39, 0.29) is 17.3 Å². The van der Waals surface area contributed by atoms with Crippen molar-refractivity contribution in [2.75, 3.05) is 0 Å². The summed E-state index contributed by atoms with van der Waals surface area (Å²) in [5.41, 5.74) is 3.87. The number of hydrogen-bond acceptors (Lipinski definition) is 3. The van der Waals surface area contributed by atoms with Gasteiger partial charge in [-0.15, -0.1) is 0 Å². The van der Waals surface area contributed by atoms with Crippen LogP contribution >= 0.6 is 0 Å². The molecule has 1 N–H and O–H groups in total. The molecule has 3 rings (SSSR count). The second kappa shape index (κ2) is 8.32. The Hall–Kier alpha value is -3.39. The summed E-state index contributed by atoms with van der Waals surface area (Å²) in [6.45, 7) is 6.21. The molecule has 0 aliphatic carbocycles. The molecule has 1 heterocycles. The van der Waals surface area contributed by atoms with E-state index in [1.165, 1.54) is 0 Å². The number of rotatable bonds is 7. The number of carboxylic acids is 1. The summed E-state index contributed by atoms with van der Waals surface area (Å²) >= 11 is 0. The van der Waals surface area contributed by atoms with Crippen LogP contribution in [0.5, 0.6) is 0 Å². The van der Waals surface area contributed by atoms with Gasteiger partial charge in [-0.25, -0.2) is 4.79 Å². The van der Waals surface area contributed by atoms with E-state index in [4.69, 9.17) is 0 Å². The molecule has 148 valence electrons. The van der Waals surface area contributed by atoms with Gasteiger partial charge in [-0.1, -0.05) is 51.5 Å². The van der Waals surface area contributed by atoms with Gasteiger partial charge in [0, 0.05) is 29.1 Å². The average molecular weight is 388 g/mol. The Morgan fingerprint density at radius 1 is 1.17 bits per heavy atom. The van der Waals surface area contributed by atoms with Crippen molar-refractivity contribution in [1.29, 1.82) is 5.26 Å². The van der Waals surface area contributed by atoms with Crippen molar-refractivity contribution in [2.24, 2.45) is 5.92 Å². The molecule has 29 heavy (non-hydrogen) atoms. The standard InChI is InChI=1S/C24H24N2O3/c1-4-7-20-22(23(27)15(2)3)19-11-10-16(24(28)29)12-21(19)26(20)14-18-9-6-5-8-17(18)13-25/h5-6,8-12,15H,4,7,14H2,1-3H3,(H,28,29). The van der Waals surface area contributed by atoms with E-state index >= 15 is 0 Å². The zero-order valence-electron chi connectivity index (χ0n) is 16.9. The van der Waals surface area contributed by atoms with Crippen LogP contribution in [0.25, 0.3) is 10.9 Å². The van der Waals surface area contributed by atoms with Crippen LogP contribution in [0.2, 0.25) is 0 Å². The predicted molar refractivity (Wildman–Crippen MR) is 112 cm³/mol. The van der Waals surface area contributed by atoms with Crippen LogP contribution in [0.4, 0.5) is 0 Å². The van der Waals surface area contributed by atoms with Crippen molar-refractivity contribution in [3.05, 3.63) is 70.4 Å². The van der Waals surface area contributed by atoms with Crippen LogP contribution in [0, 0.1) is 17.2 Å². The van der Waals surface area contributed by atoms with Crippen LogP contribution in [-0.4, -0.2) is 21.4 Å². The van der Waals surface area contributed by atoms with Gasteiger partial charge in [-0.05, 0) is 30.2 Å². The number of nitrogens with zero attached hydrogens (tertiary/aromatic N) is 2. The number of Topliss-reactive ketones (excluding diaryl/α,β-unsaturated/α-hetero) is 1. The maximum absolute atomic E-state index is 13.1. The molecule has 0 radical (unpaired) electrons. The van der Waals surface area contributed by atoms with E-state index in [1.54, 1.807) is 24.3 Å². The lowest BCUT2D eigenvalue weighted by atomic mass is 9.96. The summed E-state index contributed by atoms with van der Waals surface area (Å²) in [4.78, 5) is 24.6. The van der Waals surface area contributed by atoms with E-state index in [2.05, 4.69) is 13.0 Å². The predicted octanol–water partition coefficient (Wildman–Crippen LogP) is 5.05. The zero-order valence-corrected chi connectivity index (χ0v) is 16.9. The summed E-state index contributed by atoms with van der Waals surface area (Å²) in [7, 11) is 0. The Labute approximate surface area is 170 Å². The molecular formula is C24H24N2O3. The quantitative estimate of drug-likeness (QED) is 0.574. The van der Waals surface area contributed by atoms with E-state index in [1.807, 2.05) is 36.6 Å². The van der Waals surface area contributed by atoms with Gasteiger partial charge in [-0.2, -0.15) is 5.26 Å². The molecule has 2 aromatic carbocycles. The zero-order chi connectivity index (χ0) is 21.1. The first-order valence-electron chi connectivity index (χ1n) is 9.79. The van der Waals surface area contributed by atoms with Crippen LogP contribution in [0.3, 0.4) is 0 Å². The number of aromatic nitrogens is 1. The Balaban J connectivity index is 2.34. The van der Waals surface area contributed by atoms with Crippen LogP contribution in [0.15, 0.2) is 42.5 Å². The van der Waals surface area contributed by atoms with Crippen LogP contribution in [0.1, 0.15) is 64.7 Å². The number of fused-ring (bicyclic) bond motifs is 1. The summed E-state index contributed by atoms with van der Waals surface area (Å²) in [6.07, 6.45) is 1.54. The number of carboxylic acid groups (broad SMARTS) is 1. The molecule has 0 atom stereocenters. The van der Waals surface area contributed by atoms with Gasteiger partial charge in [-0.3, -0.25) is 4.79 Å². The molecule has 0 aliphatic rings. The highest BCUT2D eigenvalue weighted by Gasteiger charge is 2.25. The van der Waals surface area contributed by atoms with Crippen LogP contribution < -0.4 is 0 Å². The maximum Gasteiger partial charge on any atom is 0.335 e. The number of carbonyl (C=O) groups is 2. The number of aromatic carboxylic acids is 1. The molecule has 0 saturated heterocycles. The third-order valence-corrected chi connectivity index (χ3v) is 5.14. The lowest BCUT2D eigenvalue weighted by Crippen LogP contribution is -2.12. The van der Waals surface area contributed by atoms with Crippen molar-refractivity contribution in [3.63, 3.8) is 0 Å². The fourth-order valence-corrected chi connectivity index (χ4v) is 3.71. The van der Waals surface area contributed by atoms with Crippen molar-refractivity contribution in [2.45, 2.75) is 40.2 Å². The number of hydrogen-bond donors (Lipinski definition) is 1. The summed E-state index contributed by atoms with van der Waals surface area (Å²) < 4.78 is 2.01. The molecule has 0 saturated carbocycles. The van der Waals surface area contributed by atoms with E-state index in [0.29, 0.717) is 29.6 Å². The molecule has 5 heteroatoms. The molecule has 0 fully saturated rings. The lowest BCUT2D eigenvalue weighted by molar-refractivity contribution is 0.0696. The van der Waals surface area contributed by atoms with Crippen molar-refractivity contribution in [3.8, 4) is 6.07 Å². The fraction of sp³-hybridized carbons (Fsp3) is 0.292. The molecule has 1 aromatic heterocycles. The molecule has 5 nitrogen and oxygen atoms in total. The molecule has 0 bridgehead atoms. The molecular weight excluding hydrogens is 364 g/mol. The second-order valence-corrected chi connectivity index (χ2v) is 7.48. The SMILES string of the molecule is CCCc1c(C(=O)C(C)C)c2ccc(C(=O)O)cc2n1Cc1ccccc1C#N. The first-order valence-corrected chi connectivity index (χ1v) is 9.79. The first-order chi connectivity index (χ1) is 13.9. The average Bonchev–Trinajstić information content (AvgIpc) is 3.00. The molecule has 0 unspecified atom stereocenters. The molecule has 0 aliphatic heterocycles. The van der Waals surface area contributed by atoms with Gasteiger partial charge in [0.15, 0.2) is 5.78 Å². The Kier molecular flexibility index (Phi) is 5.84. The van der Waals surface area contributed by atoms with Gasteiger partial charge >= 0.3 is 5.97 Å². The Morgan fingerprint density at radius 3 is 2.52 bits per heavy atom. The summed E-state index contributed by atoms with van der Waals surface area (Å²) in [5, 5.41) is 19.7. The largest absolute Gasteiger partial charge is 0.478 e. The minimum atomic E-state index is -1.01. The maximum atomic E-state index is 13.1. The van der Waals surface area contributed by atoms with Gasteiger partial charge in [0.2, 0.25) is 0 Å². The number of ketones is 1. The lowest BCUT2D eigenvalue weighted by Gasteiger charge is -2.13. The third-order valence-electron chi connectivity index (χ3n) is 5.14. The number of benzene rings is 2. The van der Waals surface area contributed by atoms with E-state index in [0.717, 1.165) is 23.1 Å². The van der Waals surface area contributed by atoms with E-state index < -0.39 is 5.97 Å². The number of carbonyl (C=O) groups excluding carboxylic acids is 1. The summed E-state index contributed by atoms with van der Waals surface area (Å²) in [5.74, 6) is -1.13. The minimum absolute atomic E-state index is 0.0499. The third kappa shape index (κ3) is 3.79. The van der Waals surface area contributed by atoms with Crippen LogP contribution in [-0.2, 0) is 13.0 Å². The Morgan fingerprint density at radius 2 is 1.90 bits per heavy atom. The summed E-state index contributed by atoms with van der Waals surface area (Å²) in [6, 6.07) is 14.5. The molecule has 3 aromatic rings. The van der Waals surface area contributed by atoms with Gasteiger partial charge < -0.3 is 9.67 Å². The van der Waals surface area contributed by atoms with Crippen molar-refractivity contribution < 1.29 is 14.7 Å². The fourth-order valence-electron chi connectivity index (χ4n) is 3.71. The van der Waals surface area contributed by atoms with E-state index in [9.17, 15) is 20.0 Å². The molecule has 0 spiro atoms. The highest BCUT2D eigenvalue weighted by molar-refractivity contribution is 6.11. The number of nitriles is 1. The minimum Gasteiger partial charge on any atom is -0.478 e. The first kappa shape index (κ1) is 20.3. The van der Waals surface area contributed by atoms with Crippen molar-refractivity contribution in [1.82, 2.24) is 4.57 Å². The normalized spacial score (nSPS) is 11.0. The monoisotopic (exact) mass is 388 g/mol. The highest BCUT2D eigenvalue weighted by Crippen LogP contribution is 2.31.